The van der Waals surface area contributed by atoms with Gasteiger partial charge in [0.25, 0.3) is 5.91 Å². The number of aliphatic hydroxyl groups excluding tert-OH is 1. The Morgan fingerprint density at radius 1 is 0.845 bits per heavy atom. The number of aromatic nitrogens is 7. The van der Waals surface area contributed by atoms with Crippen molar-refractivity contribution in [1.82, 2.24) is 55.4 Å². The summed E-state index contributed by atoms with van der Waals surface area (Å²) >= 11 is 3.13. The first-order valence-corrected chi connectivity index (χ1v) is 39.2. The molecule has 2 unspecified atom stereocenters. The van der Waals surface area contributed by atoms with Gasteiger partial charge in [-0.2, -0.15) is 5.10 Å². The number of benzene rings is 2. The van der Waals surface area contributed by atoms with E-state index in [1.54, 1.807) is 43.4 Å². The van der Waals surface area contributed by atoms with Crippen molar-refractivity contribution >= 4 is 79.2 Å². The number of carboxylic acids is 1. The summed E-state index contributed by atoms with van der Waals surface area (Å²) in [6.45, 7) is 21.1. The van der Waals surface area contributed by atoms with Gasteiger partial charge in [0.1, 0.15) is 23.7 Å². The Balaban J connectivity index is 0.532. The maximum atomic E-state index is 14.7. The van der Waals surface area contributed by atoms with E-state index in [4.69, 9.17) is 29.6 Å². The maximum absolute atomic E-state index is 14.7. The number of carbonyl (C=O) groups is 4. The third-order valence-corrected chi connectivity index (χ3v) is 24.7. The first-order valence-electron chi connectivity index (χ1n) is 37.5. The van der Waals surface area contributed by atoms with Gasteiger partial charge in [0.15, 0.2) is 28.1 Å². The van der Waals surface area contributed by atoms with Crippen molar-refractivity contribution in [2.75, 3.05) is 56.7 Å². The second-order valence-corrected chi connectivity index (χ2v) is 34.7. The number of aromatic carboxylic acids is 1. The van der Waals surface area contributed by atoms with Gasteiger partial charge in [-0.25, -0.2) is 24.1 Å². The normalized spacial score (nSPS) is 23.5. The van der Waals surface area contributed by atoms with Crippen molar-refractivity contribution in [1.29, 1.82) is 0 Å². The topological polar surface area (TPSA) is 255 Å². The zero-order valence-electron chi connectivity index (χ0n) is 61.6. The second-order valence-electron chi connectivity index (χ2n) is 32.9. The standard InChI is InChI=1S/C79H104FN13O8S2/c1-50-56-23-22-33-91(68(56)89-88-67(50)87-73-84-59-24-18-19-25-62(59)103-73)63-29-28-57(64(85-63)71(97)98)58-40-83-93(52(58)3)48-77-43-75(7)42-76(8,44-77)46-78(45-75,47-77)101-36-34-90(9)32-20-16-14-12-10-11-13-15-17-21-35-100-61-37-53(65-51(2)82-49-102-65)26-27-54(61)39-81-69(95)60-38-55(94)41-92(60)70(96)66(74(4,5)6)86-72(99)79(80)30-31-79/h18-19,24-29,37,40,49,55,60,66,94H,10-17,20-23,30-36,38-39,41-48H2,1-9H3,(H,81,95)(H,86,99)(H,97,98)(H,84,87,88)/t55-,60+,66-,75?,76?,77?,78?/m1/s1. The van der Waals surface area contributed by atoms with Crippen LogP contribution in [0.15, 0.2) is 66.3 Å². The highest BCUT2D eigenvalue weighted by Gasteiger charge is 2.66. The summed E-state index contributed by atoms with van der Waals surface area (Å²) in [5, 5.41) is 45.6. The van der Waals surface area contributed by atoms with Crippen LogP contribution < -0.4 is 25.6 Å². The molecule has 5 saturated carbocycles. The van der Waals surface area contributed by atoms with Crippen molar-refractivity contribution in [3.8, 4) is 27.3 Å². The van der Waals surface area contributed by atoms with E-state index in [2.05, 4.69) is 69.5 Å². The molecule has 7 aliphatic rings. The summed E-state index contributed by atoms with van der Waals surface area (Å²) in [6.07, 6.45) is 21.1. The first-order chi connectivity index (χ1) is 49.2. The van der Waals surface area contributed by atoms with E-state index >= 15 is 0 Å². The van der Waals surface area contributed by atoms with Gasteiger partial charge >= 0.3 is 5.97 Å². The van der Waals surface area contributed by atoms with Crippen LogP contribution in [-0.4, -0.2) is 155 Å². The number of hydrogen-bond acceptors (Lipinski definition) is 18. The third-order valence-electron chi connectivity index (χ3n) is 22.7. The maximum Gasteiger partial charge on any atom is 0.355 e. The predicted octanol–water partition coefficient (Wildman–Crippen LogP) is 14.6. The molecule has 21 nitrogen and oxygen atoms in total. The number of anilines is 4. The summed E-state index contributed by atoms with van der Waals surface area (Å²) in [5.74, 6) is -0.309. The summed E-state index contributed by atoms with van der Waals surface area (Å²) in [7, 11) is 2.23. The Hall–Kier alpha value is -7.51. The molecular formula is C79H104FN13O8S2. The number of hydrogen-bond donors (Lipinski definition) is 5. The number of carboxylic acid groups (broad SMARTS) is 1. The SMILES string of the molecule is Cc1ncsc1-c1ccc(CNC(=O)[C@@H]2C[C@@H](O)CN2C(=O)[C@@H](NC(=O)C2(F)CC2)C(C)(C)C)c(OCCCCCCCCCCCCN(C)CCOC23CC4(C)CC(C)(CC(Cn5ncc(-c6ccc(N7CCCc8c7nnc(Nc7nc9ccccc9s7)c8C)nc6C(=O)O)c5C)(C4)C2)C3)c1. The molecule has 3 amide bonds. The van der Waals surface area contributed by atoms with E-state index in [1.807, 2.05) is 79.0 Å². The quantitative estimate of drug-likeness (QED) is 0.0246. The molecule has 7 aromatic rings. The zero-order valence-corrected chi connectivity index (χ0v) is 63.2. The molecule has 5 aliphatic carbocycles. The van der Waals surface area contributed by atoms with Crippen LogP contribution in [0.4, 0.5) is 27.0 Å². The molecule has 552 valence electrons. The highest BCUT2D eigenvalue weighted by atomic mass is 32.1. The number of likely N-dealkylation sites (N-methyl/N-ethyl adjacent to an activating group) is 1. The van der Waals surface area contributed by atoms with Crippen LogP contribution in [0.25, 0.3) is 31.8 Å². The van der Waals surface area contributed by atoms with Gasteiger partial charge in [-0.3, -0.25) is 19.1 Å². The minimum Gasteiger partial charge on any atom is -0.493 e. The van der Waals surface area contributed by atoms with Gasteiger partial charge in [-0.15, -0.1) is 21.5 Å². The molecule has 2 aromatic carbocycles. The van der Waals surface area contributed by atoms with Crippen molar-refractivity contribution in [2.45, 2.75) is 233 Å². The van der Waals surface area contributed by atoms with Gasteiger partial charge in [0.05, 0.1) is 57.4 Å². The Bertz CT molecular complexity index is 4210. The molecule has 5 aromatic heterocycles. The number of pyridine rings is 1. The van der Waals surface area contributed by atoms with Crippen LogP contribution in [0.5, 0.6) is 5.75 Å². The predicted molar refractivity (Wildman–Crippen MR) is 401 cm³/mol. The summed E-state index contributed by atoms with van der Waals surface area (Å²) in [5.41, 5.74) is 7.17. The minimum atomic E-state index is -1.97. The number of nitrogens with zero attached hydrogens (tertiary/aromatic N) is 10. The lowest BCUT2D eigenvalue weighted by Crippen LogP contribution is -2.64. The number of nitrogens with one attached hydrogen (secondary N) is 3. The molecule has 2 aliphatic heterocycles. The average molecular weight is 1450 g/mol. The fraction of sp³-hybridized carbons (Fsp3) is 0.595. The Labute approximate surface area is 612 Å². The lowest BCUT2D eigenvalue weighted by molar-refractivity contribution is -0.248. The number of para-hydroxylation sites is 1. The average Bonchev–Trinajstić information content (AvgIpc) is 1.47. The van der Waals surface area contributed by atoms with Crippen LogP contribution in [0.2, 0.25) is 0 Å². The monoisotopic (exact) mass is 1450 g/mol. The van der Waals surface area contributed by atoms with E-state index in [9.17, 15) is 33.8 Å². The van der Waals surface area contributed by atoms with Crippen LogP contribution in [0.3, 0.4) is 0 Å². The Kier molecular flexibility index (Phi) is 21.6. The molecule has 7 heterocycles. The van der Waals surface area contributed by atoms with Gasteiger partial charge in [0, 0.05) is 72.7 Å². The van der Waals surface area contributed by atoms with Crippen LogP contribution in [-0.2, 0) is 38.6 Å². The molecule has 0 spiro atoms. The molecule has 14 rings (SSSR count). The van der Waals surface area contributed by atoms with Crippen molar-refractivity contribution in [3.63, 3.8) is 0 Å². The molecule has 24 heteroatoms. The number of likely N-dealkylation sites (tertiary alicyclic amines) is 1. The number of aliphatic hydroxyl groups is 1. The van der Waals surface area contributed by atoms with Crippen LogP contribution in [0.1, 0.15) is 202 Å². The molecule has 4 bridgehead atoms. The molecule has 1 saturated heterocycles. The number of alkyl halides is 1. The fourth-order valence-electron chi connectivity index (χ4n) is 18.4. The number of amides is 3. The van der Waals surface area contributed by atoms with Gasteiger partial charge < -0.3 is 50.3 Å². The largest absolute Gasteiger partial charge is 0.493 e. The van der Waals surface area contributed by atoms with E-state index in [-0.39, 0.29) is 59.9 Å². The molecule has 5 N–H and O–H groups in total. The summed E-state index contributed by atoms with van der Waals surface area (Å²) in [4.78, 5) is 74.8. The van der Waals surface area contributed by atoms with Gasteiger partial charge in [-0.05, 0) is 169 Å². The Morgan fingerprint density at radius 2 is 1.57 bits per heavy atom. The van der Waals surface area contributed by atoms with Crippen molar-refractivity contribution < 1.29 is 43.3 Å². The molecule has 5 atom stereocenters. The number of fused-ring (bicyclic) bond motifs is 2. The lowest BCUT2D eigenvalue weighted by Gasteiger charge is -2.69. The van der Waals surface area contributed by atoms with E-state index < -0.39 is 53.0 Å². The minimum absolute atomic E-state index is 0.00448. The molecule has 103 heavy (non-hydrogen) atoms. The van der Waals surface area contributed by atoms with Crippen molar-refractivity contribution in [2.24, 2.45) is 21.7 Å². The Morgan fingerprint density at radius 3 is 2.27 bits per heavy atom. The highest BCUT2D eigenvalue weighted by molar-refractivity contribution is 7.22. The zero-order chi connectivity index (χ0) is 72.6. The third kappa shape index (κ3) is 16.5. The van der Waals surface area contributed by atoms with E-state index in [1.165, 1.54) is 56.3 Å². The van der Waals surface area contributed by atoms with E-state index in [0.29, 0.717) is 48.5 Å². The number of ether oxygens (including phenoxy) is 2. The van der Waals surface area contributed by atoms with E-state index in [0.717, 1.165) is 143 Å². The number of thiazole rings is 2. The number of aryl methyl sites for hydroxylation is 1. The number of halogens is 1. The smallest absolute Gasteiger partial charge is 0.355 e. The number of carbonyl (C=O) groups excluding carboxylic acids is 3. The molecular weight excluding hydrogens is 1340 g/mol. The number of unbranched alkanes of at least 4 members (excludes halogenated alkanes) is 9. The van der Waals surface area contributed by atoms with Gasteiger partial charge in [-0.1, -0.05) is 122 Å². The van der Waals surface area contributed by atoms with Gasteiger partial charge in [0.2, 0.25) is 11.8 Å². The highest BCUT2D eigenvalue weighted by Crippen LogP contribution is 2.72. The fourth-order valence-corrected chi connectivity index (χ4v) is 20.1. The lowest BCUT2D eigenvalue weighted by atomic mass is 9.39. The molecule has 0 radical (unpaired) electrons. The molecule has 6 fully saturated rings. The number of β-amino-alcohol motifs (C(OH)–C–C–N with tert-alkyl or cyclic N) is 1. The summed E-state index contributed by atoms with van der Waals surface area (Å²) in [6, 6.07) is 15.8. The van der Waals surface area contributed by atoms with Crippen LogP contribution >= 0.6 is 22.7 Å². The second kappa shape index (κ2) is 30.2. The van der Waals surface area contributed by atoms with Crippen molar-refractivity contribution in [3.05, 3.63) is 100 Å². The summed E-state index contributed by atoms with van der Waals surface area (Å²) < 4.78 is 31.6. The first kappa shape index (κ1) is 73.8. The number of rotatable bonds is 32. The van der Waals surface area contributed by atoms with Crippen LogP contribution in [0, 0.1) is 42.4 Å².